The summed E-state index contributed by atoms with van der Waals surface area (Å²) < 4.78 is 0. The molecule has 18 heavy (non-hydrogen) atoms. The third kappa shape index (κ3) is 2.51. The summed E-state index contributed by atoms with van der Waals surface area (Å²) in [6.07, 6.45) is 3.30. The maximum absolute atomic E-state index is 6.57. The van der Waals surface area contributed by atoms with Gasteiger partial charge in [0.1, 0.15) is 0 Å². The molecule has 0 bridgehead atoms. The van der Waals surface area contributed by atoms with Crippen molar-refractivity contribution in [2.45, 2.75) is 6.42 Å². The maximum Gasteiger partial charge on any atom is 0.319 e. The fourth-order valence-electron chi connectivity index (χ4n) is 2.54. The van der Waals surface area contributed by atoms with Gasteiger partial charge in [-0.05, 0) is 45.7 Å². The van der Waals surface area contributed by atoms with Crippen molar-refractivity contribution in [1.82, 2.24) is 9.62 Å². The first-order valence-corrected chi connectivity index (χ1v) is 6.71. The molecule has 0 fully saturated rings. The van der Waals surface area contributed by atoms with Gasteiger partial charge in [-0.1, -0.05) is 35.8 Å². The van der Waals surface area contributed by atoms with E-state index in [4.69, 9.17) is 11.5 Å². The highest BCUT2D eigenvalue weighted by Crippen LogP contribution is 2.31. The zero-order valence-corrected chi connectivity index (χ0v) is 12.3. The van der Waals surface area contributed by atoms with Gasteiger partial charge in [0.15, 0.2) is 0 Å². The molecule has 2 rings (SSSR count). The highest BCUT2D eigenvalue weighted by Gasteiger charge is 2.38. The van der Waals surface area contributed by atoms with E-state index in [1.54, 1.807) is 0 Å². The predicted molar refractivity (Wildman–Crippen MR) is 82.9 cm³/mol. The van der Waals surface area contributed by atoms with Gasteiger partial charge in [0.25, 0.3) is 6.74 Å². The lowest BCUT2D eigenvalue weighted by molar-refractivity contribution is 0.636. The monoisotopic (exact) mass is 260 g/mol. The first-order chi connectivity index (χ1) is 8.52. The molecule has 0 unspecified atom stereocenters. The molecule has 1 aromatic carbocycles. The lowest BCUT2D eigenvalue weighted by Gasteiger charge is -2.28. The smallest absolute Gasteiger partial charge is 0.319 e. The van der Waals surface area contributed by atoms with Crippen LogP contribution in [0.25, 0.3) is 5.47 Å². The Morgan fingerprint density at radius 1 is 1.06 bits per heavy atom. The van der Waals surface area contributed by atoms with Gasteiger partial charge in [-0.15, -0.1) is 0 Å². The molecule has 0 heterocycles. The van der Waals surface area contributed by atoms with Gasteiger partial charge < -0.3 is 9.62 Å². The fourth-order valence-corrected chi connectivity index (χ4v) is 2.91. The molecule has 0 radical (unpaired) electrons. The number of halogens is 1. The molecule has 0 amide bonds. The number of rotatable bonds is 4. The molecule has 0 aliphatic heterocycles. The van der Waals surface area contributed by atoms with Crippen LogP contribution in [0.3, 0.4) is 0 Å². The van der Waals surface area contributed by atoms with E-state index in [9.17, 15) is 0 Å². The summed E-state index contributed by atoms with van der Waals surface area (Å²) >= 11 is 6.57. The summed E-state index contributed by atoms with van der Waals surface area (Å²) in [5.41, 5.74) is 4.11. The lowest BCUT2D eigenvalue weighted by Crippen LogP contribution is -2.52. The Balaban J connectivity index is 2.35. The number of nitrogens with zero attached hydrogens (tertiary/aromatic N) is 2. The molecule has 0 atom stereocenters. The lowest BCUT2D eigenvalue weighted by atomic mass is 9.28. The first kappa shape index (κ1) is 13.7. The average molecular weight is 260 g/mol. The Kier molecular flexibility index (Phi) is 4.21. The van der Waals surface area contributed by atoms with Crippen LogP contribution in [-0.2, 0) is 6.42 Å². The summed E-state index contributed by atoms with van der Waals surface area (Å²) in [7, 11) is 8.22. The summed E-state index contributed by atoms with van der Waals surface area (Å²) in [6.45, 7) is 0.213. The van der Waals surface area contributed by atoms with E-state index in [1.807, 2.05) is 14.1 Å². The van der Waals surface area contributed by atoms with E-state index in [2.05, 4.69) is 54.1 Å². The SMILES string of the molecule is CN(C)B(Cl)B(C1=CCc2ccccc21)N(C)C. The third-order valence-electron chi connectivity index (χ3n) is 3.50. The number of hydrogen-bond donors (Lipinski definition) is 0. The molecule has 94 valence electrons. The average Bonchev–Trinajstić information content (AvgIpc) is 2.73. The number of fused-ring (bicyclic) bond motifs is 1. The number of benzene rings is 1. The highest BCUT2D eigenvalue weighted by atomic mass is 35.5. The van der Waals surface area contributed by atoms with Crippen molar-refractivity contribution in [3.8, 4) is 0 Å². The normalized spacial score (nSPS) is 13.8. The van der Waals surface area contributed by atoms with Crippen LogP contribution in [0.15, 0.2) is 30.3 Å². The van der Waals surface area contributed by atoms with Crippen molar-refractivity contribution in [3.63, 3.8) is 0 Å². The van der Waals surface area contributed by atoms with Crippen molar-refractivity contribution in [1.29, 1.82) is 0 Å². The number of hydrogen-bond acceptors (Lipinski definition) is 2. The number of allylic oxidation sites excluding steroid dienone is 1. The van der Waals surface area contributed by atoms with Crippen LogP contribution in [0.4, 0.5) is 0 Å². The molecule has 0 spiro atoms. The van der Waals surface area contributed by atoms with E-state index < -0.39 is 0 Å². The Labute approximate surface area is 116 Å². The van der Waals surface area contributed by atoms with Gasteiger partial charge in [-0.3, -0.25) is 0 Å². The molecule has 0 saturated heterocycles. The molecule has 0 aromatic heterocycles. The minimum Gasteiger partial charge on any atom is -0.347 e. The van der Waals surface area contributed by atoms with Crippen LogP contribution in [-0.4, -0.2) is 50.7 Å². The summed E-state index contributed by atoms with van der Waals surface area (Å²) in [6, 6.07) is 8.60. The molecule has 0 saturated carbocycles. The Morgan fingerprint density at radius 2 is 1.72 bits per heavy atom. The van der Waals surface area contributed by atoms with Gasteiger partial charge in [0.2, 0.25) is 0 Å². The van der Waals surface area contributed by atoms with Crippen LogP contribution in [0, 0.1) is 0 Å². The van der Waals surface area contributed by atoms with E-state index in [-0.39, 0.29) is 12.9 Å². The van der Waals surface area contributed by atoms with Crippen LogP contribution in [0.5, 0.6) is 0 Å². The molecule has 2 nitrogen and oxygen atoms in total. The molecule has 1 aromatic rings. The summed E-state index contributed by atoms with van der Waals surface area (Å²) in [4.78, 5) is 4.26. The van der Waals surface area contributed by atoms with Gasteiger partial charge in [0, 0.05) is 0 Å². The summed E-state index contributed by atoms with van der Waals surface area (Å²) in [5.74, 6) is 0. The molecule has 5 heteroatoms. The maximum atomic E-state index is 6.57. The van der Waals surface area contributed by atoms with Crippen molar-refractivity contribution in [3.05, 3.63) is 41.5 Å². The van der Waals surface area contributed by atoms with E-state index in [0.29, 0.717) is 0 Å². The predicted octanol–water partition coefficient (Wildman–Crippen LogP) is 2.09. The van der Waals surface area contributed by atoms with Crippen LogP contribution in [0.1, 0.15) is 11.1 Å². The summed E-state index contributed by atoms with van der Waals surface area (Å²) in [5, 5.41) is 0. The second kappa shape index (κ2) is 5.52. The van der Waals surface area contributed by atoms with Crippen LogP contribution < -0.4 is 0 Å². The topological polar surface area (TPSA) is 6.48 Å². The minimum atomic E-state index is -0.0302. The zero-order valence-electron chi connectivity index (χ0n) is 11.5. The Bertz CT molecular complexity index is 460. The molecular weight excluding hydrogens is 241 g/mol. The van der Waals surface area contributed by atoms with Gasteiger partial charge in [-0.25, -0.2) is 0 Å². The van der Waals surface area contributed by atoms with Crippen molar-refractivity contribution < 1.29 is 0 Å². The van der Waals surface area contributed by atoms with Gasteiger partial charge in [-0.2, -0.15) is 11.5 Å². The quantitative estimate of drug-likeness (QED) is 0.765. The Hall–Kier alpha value is -0.700. The van der Waals surface area contributed by atoms with E-state index >= 15 is 0 Å². The molecule has 1 aliphatic carbocycles. The third-order valence-corrected chi connectivity index (χ3v) is 4.13. The standard InChI is InChI=1S/C13H19B2ClN2/c1-17(2)14(15(16)18(3)4)13-10-9-11-7-5-6-8-12(11)13/h5-8,10H,9H2,1-4H3. The largest absolute Gasteiger partial charge is 0.347 e. The van der Waals surface area contributed by atoms with Crippen LogP contribution in [0.2, 0.25) is 0 Å². The van der Waals surface area contributed by atoms with Crippen molar-refractivity contribution >= 4 is 29.8 Å². The van der Waals surface area contributed by atoms with Crippen molar-refractivity contribution in [2.24, 2.45) is 0 Å². The highest BCUT2D eigenvalue weighted by molar-refractivity contribution is 7.45. The molecular formula is C13H19B2ClN2. The van der Waals surface area contributed by atoms with Gasteiger partial charge >= 0.3 is 6.15 Å². The van der Waals surface area contributed by atoms with Crippen LogP contribution >= 0.6 is 11.5 Å². The second-order valence-corrected chi connectivity index (χ2v) is 5.71. The first-order valence-electron chi connectivity index (χ1n) is 6.27. The molecule has 0 N–H and O–H groups in total. The van der Waals surface area contributed by atoms with E-state index in [0.717, 1.165) is 6.42 Å². The Morgan fingerprint density at radius 3 is 2.33 bits per heavy atom. The molecule has 1 aliphatic rings. The van der Waals surface area contributed by atoms with E-state index in [1.165, 1.54) is 16.6 Å². The zero-order chi connectivity index (χ0) is 13.3. The van der Waals surface area contributed by atoms with Gasteiger partial charge in [0.05, 0.1) is 0 Å². The fraction of sp³-hybridized carbons (Fsp3) is 0.385. The van der Waals surface area contributed by atoms with Crippen molar-refractivity contribution in [2.75, 3.05) is 28.2 Å². The second-order valence-electron chi connectivity index (χ2n) is 5.27. The minimum absolute atomic E-state index is 0.0302.